The molecule has 0 aromatic heterocycles. The molecule has 0 saturated heterocycles. The number of para-hydroxylation sites is 1. The van der Waals surface area contributed by atoms with Crippen molar-refractivity contribution in [2.75, 3.05) is 5.32 Å². The molecule has 2 nitrogen and oxygen atoms in total. The van der Waals surface area contributed by atoms with Crippen molar-refractivity contribution in [2.24, 2.45) is 0 Å². The number of amides is 1. The largest absolute Gasteiger partial charge is 0.322 e. The third kappa shape index (κ3) is 3.52. The monoisotopic (exact) mass is 281 g/mol. The zero-order valence-corrected chi connectivity index (χ0v) is 13.2. The number of carbonyl (C=O) groups is 1. The molecule has 0 spiro atoms. The molecule has 2 rings (SSSR count). The molecule has 1 amide bonds. The van der Waals surface area contributed by atoms with Gasteiger partial charge in [-0.25, -0.2) is 0 Å². The van der Waals surface area contributed by atoms with Gasteiger partial charge < -0.3 is 5.32 Å². The molecule has 0 aliphatic rings. The second kappa shape index (κ2) is 6.57. The predicted octanol–water partition coefficient (Wildman–Crippen LogP) is 5.07. The summed E-state index contributed by atoms with van der Waals surface area (Å²) in [7, 11) is 0. The van der Waals surface area contributed by atoms with Gasteiger partial charge in [0.2, 0.25) is 0 Å². The van der Waals surface area contributed by atoms with Gasteiger partial charge >= 0.3 is 0 Å². The van der Waals surface area contributed by atoms with Gasteiger partial charge in [-0.15, -0.1) is 0 Å². The van der Waals surface area contributed by atoms with Crippen molar-refractivity contribution in [3.63, 3.8) is 0 Å². The molecular weight excluding hydrogens is 258 g/mol. The Bertz CT molecular complexity index is 646. The summed E-state index contributed by atoms with van der Waals surface area (Å²) in [5.41, 5.74) is 5.15. The molecule has 110 valence electrons. The van der Waals surface area contributed by atoms with Gasteiger partial charge in [0.15, 0.2) is 0 Å². The minimum atomic E-state index is -0.0474. The maximum Gasteiger partial charge on any atom is 0.255 e. The third-order valence-corrected chi connectivity index (χ3v) is 4.12. The molecule has 0 aliphatic carbocycles. The highest BCUT2D eigenvalue weighted by atomic mass is 16.1. The SMILES string of the molecule is CC[C@H](C)c1ccccc1NC(=O)c1ccc(C)c(C)c1. The summed E-state index contributed by atoms with van der Waals surface area (Å²) in [4.78, 5) is 12.4. The fraction of sp³-hybridized carbons (Fsp3) is 0.316. The molecule has 0 unspecified atom stereocenters. The Morgan fingerprint density at radius 1 is 1.10 bits per heavy atom. The normalized spacial score (nSPS) is 12.0. The van der Waals surface area contributed by atoms with Crippen molar-refractivity contribution in [1.82, 2.24) is 0 Å². The van der Waals surface area contributed by atoms with E-state index >= 15 is 0 Å². The van der Waals surface area contributed by atoms with Gasteiger partial charge in [0.25, 0.3) is 5.91 Å². The van der Waals surface area contributed by atoms with Gasteiger partial charge in [-0.1, -0.05) is 38.1 Å². The van der Waals surface area contributed by atoms with Crippen LogP contribution >= 0.6 is 0 Å². The fourth-order valence-electron chi connectivity index (χ4n) is 2.34. The molecule has 0 heterocycles. The average Bonchev–Trinajstić information content (AvgIpc) is 2.49. The second-order valence-corrected chi connectivity index (χ2v) is 5.65. The lowest BCUT2D eigenvalue weighted by atomic mass is 9.96. The smallest absolute Gasteiger partial charge is 0.255 e. The highest BCUT2D eigenvalue weighted by molar-refractivity contribution is 6.04. The summed E-state index contributed by atoms with van der Waals surface area (Å²) in [6.45, 7) is 8.42. The fourth-order valence-corrected chi connectivity index (χ4v) is 2.34. The van der Waals surface area contributed by atoms with E-state index in [-0.39, 0.29) is 5.91 Å². The number of aryl methyl sites for hydroxylation is 2. The number of nitrogens with one attached hydrogen (secondary N) is 1. The molecule has 0 saturated carbocycles. The van der Waals surface area contributed by atoms with Crippen molar-refractivity contribution in [2.45, 2.75) is 40.0 Å². The molecule has 2 aromatic rings. The summed E-state index contributed by atoms with van der Waals surface area (Å²) in [6, 6.07) is 13.9. The van der Waals surface area contributed by atoms with E-state index in [4.69, 9.17) is 0 Å². The summed E-state index contributed by atoms with van der Waals surface area (Å²) < 4.78 is 0. The maximum atomic E-state index is 12.4. The quantitative estimate of drug-likeness (QED) is 0.833. The molecule has 21 heavy (non-hydrogen) atoms. The maximum absolute atomic E-state index is 12.4. The first-order valence-electron chi connectivity index (χ1n) is 7.50. The van der Waals surface area contributed by atoms with Crippen LogP contribution in [0.25, 0.3) is 0 Å². The van der Waals surface area contributed by atoms with E-state index in [9.17, 15) is 4.79 Å². The number of rotatable bonds is 4. The van der Waals surface area contributed by atoms with E-state index in [1.165, 1.54) is 11.1 Å². The van der Waals surface area contributed by atoms with Crippen LogP contribution in [0.4, 0.5) is 5.69 Å². The highest BCUT2D eigenvalue weighted by Crippen LogP contribution is 2.27. The van der Waals surface area contributed by atoms with E-state index in [0.29, 0.717) is 11.5 Å². The summed E-state index contributed by atoms with van der Waals surface area (Å²) in [5.74, 6) is 0.384. The molecule has 2 aromatic carbocycles. The summed E-state index contributed by atoms with van der Waals surface area (Å²) >= 11 is 0. The molecular formula is C19H23NO. The van der Waals surface area contributed by atoms with Gasteiger partial charge in [-0.3, -0.25) is 4.79 Å². The topological polar surface area (TPSA) is 29.1 Å². The van der Waals surface area contributed by atoms with Gasteiger partial charge in [-0.2, -0.15) is 0 Å². The lowest BCUT2D eigenvalue weighted by molar-refractivity contribution is 0.102. The number of anilines is 1. The molecule has 0 fully saturated rings. The molecule has 0 aliphatic heterocycles. The van der Waals surface area contributed by atoms with Crippen LogP contribution in [0.2, 0.25) is 0 Å². The Hall–Kier alpha value is -2.09. The van der Waals surface area contributed by atoms with Gasteiger partial charge in [-0.05, 0) is 61.1 Å². The predicted molar refractivity (Wildman–Crippen MR) is 89.0 cm³/mol. The van der Waals surface area contributed by atoms with E-state index in [1.54, 1.807) is 0 Å². The van der Waals surface area contributed by atoms with Crippen molar-refractivity contribution in [3.05, 3.63) is 64.7 Å². The van der Waals surface area contributed by atoms with Crippen molar-refractivity contribution in [1.29, 1.82) is 0 Å². The average molecular weight is 281 g/mol. The molecule has 0 radical (unpaired) electrons. The lowest BCUT2D eigenvalue weighted by Gasteiger charge is -2.16. The first-order chi connectivity index (χ1) is 10.0. The third-order valence-electron chi connectivity index (χ3n) is 4.12. The minimum Gasteiger partial charge on any atom is -0.322 e. The number of benzene rings is 2. The van der Waals surface area contributed by atoms with Crippen molar-refractivity contribution in [3.8, 4) is 0 Å². The van der Waals surface area contributed by atoms with E-state index in [2.05, 4.69) is 32.2 Å². The Kier molecular flexibility index (Phi) is 4.79. The molecule has 0 bridgehead atoms. The minimum absolute atomic E-state index is 0.0474. The number of carbonyl (C=O) groups excluding carboxylic acids is 1. The van der Waals surface area contributed by atoms with Crippen LogP contribution in [-0.2, 0) is 0 Å². The second-order valence-electron chi connectivity index (χ2n) is 5.65. The zero-order chi connectivity index (χ0) is 15.4. The van der Waals surface area contributed by atoms with Crippen LogP contribution in [0.15, 0.2) is 42.5 Å². The number of hydrogen-bond acceptors (Lipinski definition) is 1. The van der Waals surface area contributed by atoms with Gasteiger partial charge in [0.1, 0.15) is 0 Å². The zero-order valence-electron chi connectivity index (χ0n) is 13.2. The lowest BCUT2D eigenvalue weighted by Crippen LogP contribution is -2.14. The van der Waals surface area contributed by atoms with Crippen molar-refractivity contribution >= 4 is 11.6 Å². The Morgan fingerprint density at radius 2 is 1.81 bits per heavy atom. The van der Waals surface area contributed by atoms with Crippen LogP contribution < -0.4 is 5.32 Å². The Balaban J connectivity index is 2.25. The standard InChI is InChI=1S/C19H23NO/c1-5-13(2)17-8-6-7-9-18(17)20-19(21)16-11-10-14(3)15(4)12-16/h6-13H,5H2,1-4H3,(H,20,21)/t13-/m0/s1. The first kappa shape index (κ1) is 15.3. The van der Waals surface area contributed by atoms with E-state index < -0.39 is 0 Å². The summed E-state index contributed by atoms with van der Waals surface area (Å²) in [6.07, 6.45) is 1.05. The van der Waals surface area contributed by atoms with Gasteiger partial charge in [0, 0.05) is 11.3 Å². The highest BCUT2D eigenvalue weighted by Gasteiger charge is 2.12. The molecule has 1 atom stereocenters. The van der Waals surface area contributed by atoms with Crippen molar-refractivity contribution < 1.29 is 4.79 Å². The molecule has 2 heteroatoms. The van der Waals surface area contributed by atoms with Crippen LogP contribution in [0.3, 0.4) is 0 Å². The Labute approximate surface area is 127 Å². The van der Waals surface area contributed by atoms with E-state index in [0.717, 1.165) is 17.7 Å². The van der Waals surface area contributed by atoms with E-state index in [1.807, 2.05) is 43.3 Å². The first-order valence-corrected chi connectivity index (χ1v) is 7.50. The van der Waals surface area contributed by atoms with Gasteiger partial charge in [0.05, 0.1) is 0 Å². The van der Waals surface area contributed by atoms with Crippen LogP contribution in [0, 0.1) is 13.8 Å². The van der Waals surface area contributed by atoms with Crippen LogP contribution in [-0.4, -0.2) is 5.91 Å². The van der Waals surface area contributed by atoms with Crippen LogP contribution in [0.5, 0.6) is 0 Å². The summed E-state index contributed by atoms with van der Waals surface area (Å²) in [5, 5.41) is 3.05. The molecule has 1 N–H and O–H groups in total. The number of hydrogen-bond donors (Lipinski definition) is 1. The van der Waals surface area contributed by atoms with Crippen LogP contribution in [0.1, 0.15) is 53.2 Å². The Morgan fingerprint density at radius 3 is 2.48 bits per heavy atom.